The number of hydrogen-bond acceptors (Lipinski definition) is 6. The summed E-state index contributed by atoms with van der Waals surface area (Å²) < 4.78 is 15.9. The number of carbonyl (C=O) groups excluding carboxylic acids is 3. The number of fused-ring (bicyclic) bond motifs is 5. The lowest BCUT2D eigenvalue weighted by atomic mass is 9.86. The Bertz CT molecular complexity index is 1350. The maximum Gasteiger partial charge on any atom is 0.337 e. The molecule has 3 aliphatic rings. The normalized spacial score (nSPS) is 21.3. The second-order valence-corrected chi connectivity index (χ2v) is 8.50. The summed E-state index contributed by atoms with van der Waals surface area (Å²) in [5.41, 5.74) is 3.78. The number of ether oxygens (including phenoxy) is 3. The van der Waals surface area contributed by atoms with Crippen LogP contribution in [-0.4, -0.2) is 66.1 Å². The monoisotopic (exact) mass is 447 g/mol. The number of H-pyrrole nitrogens is 1. The number of carbonyl (C=O) groups is 3. The van der Waals surface area contributed by atoms with Crippen molar-refractivity contribution in [1.82, 2.24) is 14.8 Å². The van der Waals surface area contributed by atoms with Crippen LogP contribution in [0.2, 0.25) is 0 Å². The minimum atomic E-state index is -0.613. The van der Waals surface area contributed by atoms with E-state index in [1.54, 1.807) is 24.1 Å². The van der Waals surface area contributed by atoms with Crippen LogP contribution < -0.4 is 9.47 Å². The third-order valence-electron chi connectivity index (χ3n) is 6.68. The first-order chi connectivity index (χ1) is 16.0. The average Bonchev–Trinajstić information content (AvgIpc) is 3.44. The number of piperazine rings is 1. The SMILES string of the molecule is COC(=O)c1ccc2c3c([nH]c2c1)[C@@H](c1ccc2c(c1)OCO2)N1C(=O)CN(C)C(=O)[C@H]1C3. The van der Waals surface area contributed by atoms with Gasteiger partial charge in [-0.05, 0) is 35.4 Å². The van der Waals surface area contributed by atoms with Gasteiger partial charge >= 0.3 is 5.97 Å². The lowest BCUT2D eigenvalue weighted by molar-refractivity contribution is -0.157. The first-order valence-corrected chi connectivity index (χ1v) is 10.6. The maximum atomic E-state index is 13.2. The molecule has 0 unspecified atom stereocenters. The molecule has 1 N–H and O–H groups in total. The Morgan fingerprint density at radius 3 is 2.76 bits per heavy atom. The molecule has 0 radical (unpaired) electrons. The van der Waals surface area contributed by atoms with Crippen molar-refractivity contribution in [3.05, 3.63) is 58.8 Å². The van der Waals surface area contributed by atoms with Gasteiger partial charge in [-0.25, -0.2) is 4.79 Å². The molecule has 9 heteroatoms. The quantitative estimate of drug-likeness (QED) is 0.603. The number of benzene rings is 2. The van der Waals surface area contributed by atoms with E-state index in [2.05, 4.69) is 4.98 Å². The Morgan fingerprint density at radius 1 is 1.12 bits per heavy atom. The largest absolute Gasteiger partial charge is 0.465 e. The fraction of sp³-hybridized carbons (Fsp3) is 0.292. The number of methoxy groups -OCH3 is 1. The van der Waals surface area contributed by atoms with Crippen LogP contribution in [-0.2, 0) is 20.7 Å². The van der Waals surface area contributed by atoms with E-state index >= 15 is 0 Å². The molecule has 2 atom stereocenters. The first kappa shape index (κ1) is 19.7. The summed E-state index contributed by atoms with van der Waals surface area (Å²) in [5, 5.41) is 0.913. The number of nitrogens with one attached hydrogen (secondary N) is 1. The number of hydrogen-bond donors (Lipinski definition) is 1. The molecule has 3 aromatic rings. The van der Waals surface area contributed by atoms with Crippen molar-refractivity contribution in [3.8, 4) is 11.5 Å². The van der Waals surface area contributed by atoms with Gasteiger partial charge in [0, 0.05) is 30.1 Å². The molecular weight excluding hydrogens is 426 g/mol. The zero-order valence-electron chi connectivity index (χ0n) is 18.1. The number of aromatic nitrogens is 1. The maximum absolute atomic E-state index is 13.2. The Hall–Kier alpha value is -4.01. The molecule has 0 bridgehead atoms. The fourth-order valence-electron chi connectivity index (χ4n) is 5.14. The zero-order valence-corrected chi connectivity index (χ0v) is 18.1. The van der Waals surface area contributed by atoms with Gasteiger partial charge in [-0.15, -0.1) is 0 Å². The van der Waals surface area contributed by atoms with E-state index in [-0.39, 0.29) is 25.2 Å². The minimum Gasteiger partial charge on any atom is -0.465 e. The Labute approximate surface area is 188 Å². The number of esters is 1. The minimum absolute atomic E-state index is 0.0262. The van der Waals surface area contributed by atoms with Crippen LogP contribution in [0.5, 0.6) is 11.5 Å². The third-order valence-corrected chi connectivity index (χ3v) is 6.68. The van der Waals surface area contributed by atoms with Crippen molar-refractivity contribution in [2.24, 2.45) is 0 Å². The molecule has 33 heavy (non-hydrogen) atoms. The predicted molar refractivity (Wildman–Crippen MR) is 116 cm³/mol. The molecule has 1 fully saturated rings. The van der Waals surface area contributed by atoms with Gasteiger partial charge in [-0.2, -0.15) is 0 Å². The molecule has 1 saturated heterocycles. The van der Waals surface area contributed by atoms with Crippen LogP contribution >= 0.6 is 0 Å². The van der Waals surface area contributed by atoms with E-state index < -0.39 is 18.1 Å². The molecule has 0 spiro atoms. The van der Waals surface area contributed by atoms with Crippen molar-refractivity contribution in [1.29, 1.82) is 0 Å². The lowest BCUT2D eigenvalue weighted by Crippen LogP contribution is -2.62. The summed E-state index contributed by atoms with van der Waals surface area (Å²) in [6, 6.07) is 9.77. The summed E-state index contributed by atoms with van der Waals surface area (Å²) in [7, 11) is 2.99. The van der Waals surface area contributed by atoms with Crippen molar-refractivity contribution < 1.29 is 28.6 Å². The second-order valence-electron chi connectivity index (χ2n) is 8.50. The molecule has 0 saturated carbocycles. The van der Waals surface area contributed by atoms with Gasteiger partial charge < -0.3 is 29.0 Å². The number of aromatic amines is 1. The van der Waals surface area contributed by atoms with E-state index in [4.69, 9.17) is 14.2 Å². The molecule has 1 aromatic heterocycles. The summed E-state index contributed by atoms with van der Waals surface area (Å²) in [4.78, 5) is 45.0. The Kier molecular flexibility index (Phi) is 4.17. The summed E-state index contributed by atoms with van der Waals surface area (Å²) in [5.74, 6) is 0.608. The van der Waals surface area contributed by atoms with Crippen LogP contribution in [0.3, 0.4) is 0 Å². The van der Waals surface area contributed by atoms with Crippen LogP contribution in [0.4, 0.5) is 0 Å². The van der Waals surface area contributed by atoms with Gasteiger partial charge in [0.2, 0.25) is 18.6 Å². The molecule has 3 aliphatic heterocycles. The number of amides is 2. The summed E-state index contributed by atoms with van der Waals surface area (Å²) in [6.45, 7) is 0.171. The molecule has 6 rings (SSSR count). The number of rotatable bonds is 2. The zero-order chi connectivity index (χ0) is 22.9. The highest BCUT2D eigenvalue weighted by atomic mass is 16.7. The van der Waals surface area contributed by atoms with E-state index in [1.807, 2.05) is 24.3 Å². The summed E-state index contributed by atoms with van der Waals surface area (Å²) >= 11 is 0. The van der Waals surface area contributed by atoms with Crippen LogP contribution in [0.1, 0.15) is 33.2 Å². The van der Waals surface area contributed by atoms with E-state index in [9.17, 15) is 14.4 Å². The summed E-state index contributed by atoms with van der Waals surface area (Å²) in [6.07, 6.45) is 0.392. The van der Waals surface area contributed by atoms with Crippen LogP contribution in [0.25, 0.3) is 10.9 Å². The average molecular weight is 447 g/mol. The van der Waals surface area contributed by atoms with Crippen molar-refractivity contribution in [2.75, 3.05) is 27.5 Å². The van der Waals surface area contributed by atoms with Gasteiger partial charge in [-0.3, -0.25) is 9.59 Å². The Balaban J connectivity index is 1.56. The van der Waals surface area contributed by atoms with Gasteiger partial charge in [0.25, 0.3) is 0 Å². The number of likely N-dealkylation sites (N-methyl/N-ethyl adjacent to an activating group) is 1. The first-order valence-electron chi connectivity index (χ1n) is 10.6. The van der Waals surface area contributed by atoms with Gasteiger partial charge in [0.15, 0.2) is 11.5 Å². The smallest absolute Gasteiger partial charge is 0.337 e. The fourth-order valence-corrected chi connectivity index (χ4v) is 5.14. The van der Waals surface area contributed by atoms with E-state index in [0.29, 0.717) is 23.5 Å². The molecule has 4 heterocycles. The van der Waals surface area contributed by atoms with Gasteiger partial charge in [0.1, 0.15) is 6.04 Å². The lowest BCUT2D eigenvalue weighted by Gasteiger charge is -2.46. The highest BCUT2D eigenvalue weighted by Gasteiger charge is 2.47. The van der Waals surface area contributed by atoms with Crippen LogP contribution in [0.15, 0.2) is 36.4 Å². The molecule has 2 amide bonds. The second kappa shape index (κ2) is 6.99. The Morgan fingerprint density at radius 2 is 1.94 bits per heavy atom. The molecule has 2 aromatic carbocycles. The highest BCUT2D eigenvalue weighted by Crippen LogP contribution is 2.44. The van der Waals surface area contributed by atoms with Gasteiger partial charge in [0.05, 0.1) is 25.3 Å². The topological polar surface area (TPSA) is 101 Å². The van der Waals surface area contributed by atoms with Gasteiger partial charge in [-0.1, -0.05) is 12.1 Å². The molecular formula is C24H21N3O6. The van der Waals surface area contributed by atoms with Crippen molar-refractivity contribution in [3.63, 3.8) is 0 Å². The number of nitrogens with zero attached hydrogens (tertiary/aromatic N) is 2. The molecule has 0 aliphatic carbocycles. The van der Waals surface area contributed by atoms with Crippen molar-refractivity contribution in [2.45, 2.75) is 18.5 Å². The van der Waals surface area contributed by atoms with E-state index in [0.717, 1.165) is 27.7 Å². The van der Waals surface area contributed by atoms with E-state index in [1.165, 1.54) is 12.0 Å². The van der Waals surface area contributed by atoms with Crippen molar-refractivity contribution >= 4 is 28.7 Å². The third kappa shape index (κ3) is 2.81. The molecule has 9 nitrogen and oxygen atoms in total. The molecule has 168 valence electrons. The van der Waals surface area contributed by atoms with Crippen LogP contribution in [0, 0.1) is 0 Å². The predicted octanol–water partition coefficient (Wildman–Crippen LogP) is 2.00. The highest BCUT2D eigenvalue weighted by molar-refractivity contribution is 5.99. The standard InChI is InChI=1S/C24H21N3O6/c1-26-10-20(28)27-17(23(26)29)9-15-14-5-3-13(24(30)31-2)7-16(14)25-21(15)22(27)12-4-6-18-19(8-12)33-11-32-18/h3-8,17,22,25H,9-11H2,1-2H3/t17-,22-/m1/s1.